The topological polar surface area (TPSA) is 183 Å². The lowest BCUT2D eigenvalue weighted by Crippen LogP contribution is -2.33. The van der Waals surface area contributed by atoms with E-state index in [1.54, 1.807) is 48.4 Å². The van der Waals surface area contributed by atoms with E-state index in [1.807, 2.05) is 26.0 Å². The summed E-state index contributed by atoms with van der Waals surface area (Å²) in [7, 11) is 1.65. The predicted molar refractivity (Wildman–Crippen MR) is 172 cm³/mol. The molecule has 5 rings (SSSR count). The average molecular weight is 665 g/mol. The Kier molecular flexibility index (Phi) is 10.2. The molecule has 1 unspecified atom stereocenters. The first kappa shape index (κ1) is 32.5. The molecule has 14 nitrogen and oxygen atoms in total. The zero-order chi connectivity index (χ0) is 32.8. The summed E-state index contributed by atoms with van der Waals surface area (Å²) >= 11 is 13.0. The van der Waals surface area contributed by atoms with E-state index in [0.29, 0.717) is 52.6 Å². The normalized spacial score (nSPS) is 11.8. The SMILES string of the molecule is Cc1cnc(N(C)C(=O)CC(NCCCc2cc(Cl)ccc2-n2cnnn2)c2nc(-c3ccc(OC(N)=O)cc3C)c(Cl)[nH]2)cn1. The first-order chi connectivity index (χ1) is 22.1. The van der Waals surface area contributed by atoms with Gasteiger partial charge in [-0.1, -0.05) is 23.2 Å². The monoisotopic (exact) mass is 663 g/mol. The Morgan fingerprint density at radius 3 is 2.65 bits per heavy atom. The minimum atomic E-state index is -0.908. The van der Waals surface area contributed by atoms with Gasteiger partial charge in [0.05, 0.1) is 29.8 Å². The smallest absolute Gasteiger partial charge is 0.409 e. The molecule has 238 valence electrons. The maximum Gasteiger partial charge on any atom is 0.409 e. The quantitative estimate of drug-likeness (QED) is 0.160. The fourth-order valence-corrected chi connectivity index (χ4v) is 5.30. The molecule has 1 atom stereocenters. The Morgan fingerprint density at radius 1 is 1.13 bits per heavy atom. The molecule has 0 fully saturated rings. The molecule has 46 heavy (non-hydrogen) atoms. The van der Waals surface area contributed by atoms with Crippen molar-refractivity contribution in [2.24, 2.45) is 5.73 Å². The Balaban J connectivity index is 1.36. The van der Waals surface area contributed by atoms with Crippen molar-refractivity contribution in [1.29, 1.82) is 0 Å². The van der Waals surface area contributed by atoms with Gasteiger partial charge in [0.2, 0.25) is 5.91 Å². The number of nitrogens with zero attached hydrogens (tertiary/aromatic N) is 8. The van der Waals surface area contributed by atoms with Crippen LogP contribution in [0.5, 0.6) is 5.75 Å². The minimum Gasteiger partial charge on any atom is -0.410 e. The zero-order valence-corrected chi connectivity index (χ0v) is 26.7. The molecule has 3 aromatic heterocycles. The molecule has 0 radical (unpaired) electrons. The largest absolute Gasteiger partial charge is 0.410 e. The van der Waals surface area contributed by atoms with Crippen LogP contribution in [0.25, 0.3) is 16.9 Å². The second-order valence-corrected chi connectivity index (χ2v) is 11.3. The lowest BCUT2D eigenvalue weighted by atomic mass is 10.1. The van der Waals surface area contributed by atoms with E-state index >= 15 is 0 Å². The number of H-pyrrole nitrogens is 1. The van der Waals surface area contributed by atoms with Crippen molar-refractivity contribution < 1.29 is 14.3 Å². The van der Waals surface area contributed by atoms with Gasteiger partial charge < -0.3 is 20.8 Å². The fourth-order valence-electron chi connectivity index (χ4n) is 4.86. The molecule has 4 N–H and O–H groups in total. The lowest BCUT2D eigenvalue weighted by Gasteiger charge is -2.21. The summed E-state index contributed by atoms with van der Waals surface area (Å²) in [5.74, 6) is 1.00. The van der Waals surface area contributed by atoms with Crippen LogP contribution < -0.4 is 20.7 Å². The number of tetrazole rings is 1. The van der Waals surface area contributed by atoms with Crippen LogP contribution in [0, 0.1) is 13.8 Å². The summed E-state index contributed by atoms with van der Waals surface area (Å²) < 4.78 is 6.58. The van der Waals surface area contributed by atoms with Gasteiger partial charge in [-0.15, -0.1) is 5.10 Å². The molecule has 2 amide bonds. The van der Waals surface area contributed by atoms with E-state index in [0.717, 1.165) is 28.1 Å². The van der Waals surface area contributed by atoms with Gasteiger partial charge in [0.15, 0.2) is 5.82 Å². The Labute approximate surface area is 274 Å². The summed E-state index contributed by atoms with van der Waals surface area (Å²) in [4.78, 5) is 42.6. The zero-order valence-electron chi connectivity index (χ0n) is 25.2. The number of hydrogen-bond acceptors (Lipinski definition) is 10. The van der Waals surface area contributed by atoms with E-state index in [-0.39, 0.29) is 12.3 Å². The van der Waals surface area contributed by atoms with Crippen LogP contribution >= 0.6 is 23.2 Å². The molecule has 3 heterocycles. The molecule has 0 aliphatic carbocycles. The number of carbonyl (C=O) groups is 2. The van der Waals surface area contributed by atoms with E-state index in [2.05, 4.69) is 35.8 Å². The highest BCUT2D eigenvalue weighted by molar-refractivity contribution is 6.32. The Hall–Kier alpha value is -4.92. The highest BCUT2D eigenvalue weighted by atomic mass is 35.5. The number of nitrogens with one attached hydrogen (secondary N) is 2. The molecule has 2 aromatic carbocycles. The number of amides is 2. The number of aryl methyl sites for hydroxylation is 3. The van der Waals surface area contributed by atoms with E-state index in [9.17, 15) is 9.59 Å². The molecule has 5 aromatic rings. The highest BCUT2D eigenvalue weighted by Gasteiger charge is 2.25. The van der Waals surface area contributed by atoms with Crippen LogP contribution in [0.2, 0.25) is 10.2 Å². The second-order valence-electron chi connectivity index (χ2n) is 10.5. The van der Waals surface area contributed by atoms with E-state index in [4.69, 9.17) is 38.7 Å². The van der Waals surface area contributed by atoms with Crippen molar-refractivity contribution in [3.63, 3.8) is 0 Å². The van der Waals surface area contributed by atoms with Crippen molar-refractivity contribution in [3.8, 4) is 22.7 Å². The van der Waals surface area contributed by atoms with Gasteiger partial charge >= 0.3 is 6.09 Å². The molecule has 0 aliphatic rings. The first-order valence-corrected chi connectivity index (χ1v) is 15.0. The van der Waals surface area contributed by atoms with Gasteiger partial charge in [-0.3, -0.25) is 14.7 Å². The average Bonchev–Trinajstić information content (AvgIpc) is 3.69. The molecular formula is C30H31Cl2N11O3. The van der Waals surface area contributed by atoms with Gasteiger partial charge in [0, 0.05) is 24.1 Å². The van der Waals surface area contributed by atoms with Crippen LogP contribution in [0.4, 0.5) is 10.6 Å². The summed E-state index contributed by atoms with van der Waals surface area (Å²) in [5.41, 5.74) is 9.66. The maximum atomic E-state index is 13.5. The number of hydrogen-bond donors (Lipinski definition) is 3. The summed E-state index contributed by atoms with van der Waals surface area (Å²) in [6.45, 7) is 4.19. The van der Waals surface area contributed by atoms with E-state index in [1.165, 1.54) is 11.2 Å². The number of ether oxygens (including phenoxy) is 1. The van der Waals surface area contributed by atoms with Gasteiger partial charge in [-0.2, -0.15) is 0 Å². The van der Waals surface area contributed by atoms with Crippen LogP contribution in [-0.2, 0) is 11.2 Å². The lowest BCUT2D eigenvalue weighted by molar-refractivity contribution is -0.118. The van der Waals surface area contributed by atoms with Gasteiger partial charge in [-0.25, -0.2) is 19.4 Å². The number of imidazole rings is 1. The van der Waals surface area contributed by atoms with Crippen molar-refractivity contribution in [2.45, 2.75) is 39.2 Å². The molecule has 0 saturated heterocycles. The number of aromatic nitrogens is 8. The third-order valence-electron chi connectivity index (χ3n) is 7.19. The van der Waals surface area contributed by atoms with Crippen LogP contribution in [0.1, 0.15) is 41.5 Å². The Morgan fingerprint density at radius 2 is 1.96 bits per heavy atom. The molecule has 16 heteroatoms. The minimum absolute atomic E-state index is 0.0484. The van der Waals surface area contributed by atoms with Crippen molar-refractivity contribution >= 4 is 41.0 Å². The van der Waals surface area contributed by atoms with Crippen molar-refractivity contribution in [2.75, 3.05) is 18.5 Å². The van der Waals surface area contributed by atoms with Crippen molar-refractivity contribution in [1.82, 2.24) is 45.5 Å². The highest BCUT2D eigenvalue weighted by Crippen LogP contribution is 2.32. The molecular weight excluding hydrogens is 633 g/mol. The first-order valence-electron chi connectivity index (χ1n) is 14.2. The van der Waals surface area contributed by atoms with E-state index < -0.39 is 12.1 Å². The number of halogens is 2. The molecule has 0 spiro atoms. The predicted octanol–water partition coefficient (Wildman–Crippen LogP) is 4.54. The summed E-state index contributed by atoms with van der Waals surface area (Å²) in [5, 5.41) is 15.8. The van der Waals surface area contributed by atoms with Gasteiger partial charge in [0.1, 0.15) is 28.7 Å². The number of nitrogens with two attached hydrogens (primary N) is 1. The third-order valence-corrected chi connectivity index (χ3v) is 7.70. The standard InChI is InChI=1S/C30H31Cl2N11O3/c1-17-11-21(46-30(33)45)7-8-22(17)27-28(32)39-29(38-27)23(13-26(44)42(3)25-15-35-18(2)14-36-25)34-10-4-5-19-12-20(31)6-9-24(19)43-16-37-40-41-43/h6-9,11-12,14-16,23,34H,4-5,10,13H2,1-3H3,(H2,33,45)(H,38,39). The summed E-state index contributed by atoms with van der Waals surface area (Å²) in [6.07, 6.45) is 5.18. The fraction of sp³-hybridized carbons (Fsp3) is 0.267. The van der Waals surface area contributed by atoms with Crippen molar-refractivity contribution in [3.05, 3.63) is 87.9 Å². The number of benzene rings is 2. The van der Waals surface area contributed by atoms with Gasteiger partial charge in [0.25, 0.3) is 0 Å². The van der Waals surface area contributed by atoms with Crippen LogP contribution in [0.15, 0.2) is 55.1 Å². The van der Waals surface area contributed by atoms with Gasteiger partial charge in [-0.05, 0) is 91.2 Å². The number of anilines is 1. The molecule has 0 saturated carbocycles. The molecule has 0 aliphatic heterocycles. The Bertz CT molecular complexity index is 1830. The maximum absolute atomic E-state index is 13.5. The van der Waals surface area contributed by atoms with Crippen LogP contribution in [-0.4, -0.2) is 65.7 Å². The second kappa shape index (κ2) is 14.5. The van der Waals surface area contributed by atoms with Crippen LogP contribution in [0.3, 0.4) is 0 Å². The molecule has 0 bridgehead atoms. The number of carbonyl (C=O) groups excluding carboxylic acids is 2. The third kappa shape index (κ3) is 7.83. The summed E-state index contributed by atoms with van der Waals surface area (Å²) in [6, 6.07) is 10.0. The number of aromatic amines is 1. The number of primary amides is 1. The number of rotatable bonds is 12.